The van der Waals surface area contributed by atoms with Crippen molar-refractivity contribution < 1.29 is 28.8 Å². The van der Waals surface area contributed by atoms with E-state index in [1.807, 2.05) is 54.6 Å². The van der Waals surface area contributed by atoms with Gasteiger partial charge in [-0.1, -0.05) is 30.3 Å². The molecule has 1 atom stereocenters. The SMILES string of the molecule is COc1ccccc1C(OCCO)c1ccc(CC(=O)C2(c3ccc4c(c3)OCO4)CC2)nc1. The molecule has 0 spiro atoms. The Morgan fingerprint density at radius 2 is 1.94 bits per heavy atom. The molecule has 1 saturated carbocycles. The molecule has 5 rings (SSSR count). The minimum absolute atomic E-state index is 0.0897. The van der Waals surface area contributed by atoms with E-state index in [2.05, 4.69) is 4.98 Å². The molecule has 3 aromatic rings. The molecule has 1 aliphatic heterocycles. The largest absolute Gasteiger partial charge is 0.496 e. The lowest BCUT2D eigenvalue weighted by molar-refractivity contribution is -0.120. The molecule has 34 heavy (non-hydrogen) atoms. The van der Waals surface area contributed by atoms with Crippen molar-refractivity contribution in [3.05, 3.63) is 83.2 Å². The molecule has 2 aliphatic rings. The summed E-state index contributed by atoms with van der Waals surface area (Å²) < 4.78 is 22.3. The summed E-state index contributed by atoms with van der Waals surface area (Å²) in [5, 5.41) is 9.28. The van der Waals surface area contributed by atoms with E-state index in [0.29, 0.717) is 17.2 Å². The fourth-order valence-electron chi connectivity index (χ4n) is 4.50. The smallest absolute Gasteiger partial charge is 0.231 e. The van der Waals surface area contributed by atoms with Crippen molar-refractivity contribution in [1.29, 1.82) is 0 Å². The van der Waals surface area contributed by atoms with Gasteiger partial charge in [-0.25, -0.2) is 0 Å². The van der Waals surface area contributed by atoms with Gasteiger partial charge in [0.1, 0.15) is 17.6 Å². The average molecular weight is 462 g/mol. The Balaban J connectivity index is 1.33. The van der Waals surface area contributed by atoms with Crippen molar-refractivity contribution in [3.8, 4) is 17.2 Å². The summed E-state index contributed by atoms with van der Waals surface area (Å²) in [5.41, 5.74) is 2.90. The molecule has 1 aromatic heterocycles. The summed E-state index contributed by atoms with van der Waals surface area (Å²) in [7, 11) is 1.61. The molecule has 1 fully saturated rings. The highest BCUT2D eigenvalue weighted by Crippen LogP contribution is 2.51. The second-order valence-electron chi connectivity index (χ2n) is 8.55. The van der Waals surface area contributed by atoms with Crippen LogP contribution in [0, 0.1) is 0 Å². The van der Waals surface area contributed by atoms with Gasteiger partial charge in [0, 0.05) is 29.4 Å². The summed E-state index contributed by atoms with van der Waals surface area (Å²) >= 11 is 0. The predicted octanol–water partition coefficient (Wildman–Crippen LogP) is 3.76. The van der Waals surface area contributed by atoms with E-state index in [4.69, 9.17) is 18.9 Å². The van der Waals surface area contributed by atoms with Crippen molar-refractivity contribution >= 4 is 5.78 Å². The fraction of sp³-hybridized carbons (Fsp3) is 0.333. The number of Topliss-reactive ketones (excluding diaryl/α,β-unsaturated/α-hetero) is 1. The number of aromatic nitrogens is 1. The lowest BCUT2D eigenvalue weighted by Gasteiger charge is -2.21. The number of ketones is 1. The first-order chi connectivity index (χ1) is 16.6. The maximum Gasteiger partial charge on any atom is 0.231 e. The van der Waals surface area contributed by atoms with Crippen LogP contribution < -0.4 is 14.2 Å². The third kappa shape index (κ3) is 4.24. The van der Waals surface area contributed by atoms with Crippen molar-refractivity contribution in [3.63, 3.8) is 0 Å². The molecular formula is C27H27NO6. The van der Waals surface area contributed by atoms with E-state index in [1.54, 1.807) is 13.3 Å². The van der Waals surface area contributed by atoms with Gasteiger partial charge in [0.15, 0.2) is 11.5 Å². The Kier molecular flexibility index (Phi) is 6.22. The summed E-state index contributed by atoms with van der Waals surface area (Å²) in [6.07, 6.45) is 3.20. The highest BCUT2D eigenvalue weighted by atomic mass is 16.7. The highest BCUT2D eigenvalue weighted by molar-refractivity contribution is 5.94. The topological polar surface area (TPSA) is 87.1 Å². The van der Waals surface area contributed by atoms with Gasteiger partial charge in [0.25, 0.3) is 0 Å². The number of para-hydroxylation sites is 1. The summed E-state index contributed by atoms with van der Waals surface area (Å²) in [6.45, 7) is 0.308. The van der Waals surface area contributed by atoms with Crippen LogP contribution in [0.25, 0.3) is 0 Å². The van der Waals surface area contributed by atoms with Crippen molar-refractivity contribution in [1.82, 2.24) is 4.98 Å². The first kappa shape index (κ1) is 22.4. The van der Waals surface area contributed by atoms with Gasteiger partial charge in [-0.15, -0.1) is 0 Å². The third-order valence-corrected chi connectivity index (χ3v) is 6.50. The zero-order valence-corrected chi connectivity index (χ0v) is 19.0. The molecule has 7 heteroatoms. The number of methoxy groups -OCH3 is 1. The zero-order chi connectivity index (χ0) is 23.5. The number of aliphatic hydroxyl groups is 1. The van der Waals surface area contributed by atoms with Gasteiger partial charge < -0.3 is 24.1 Å². The monoisotopic (exact) mass is 461 g/mol. The van der Waals surface area contributed by atoms with Crippen molar-refractivity contribution in [2.75, 3.05) is 27.1 Å². The Bertz CT molecular complexity index is 1170. The number of ether oxygens (including phenoxy) is 4. The van der Waals surface area contributed by atoms with Gasteiger partial charge in [-0.3, -0.25) is 9.78 Å². The molecule has 1 N–H and O–H groups in total. The number of nitrogens with zero attached hydrogens (tertiary/aromatic N) is 1. The number of hydrogen-bond acceptors (Lipinski definition) is 7. The van der Waals surface area contributed by atoms with Crippen LogP contribution in [0.15, 0.2) is 60.8 Å². The Labute approximate surface area is 198 Å². The standard InChI is InChI=1S/C27H27NO6/c1-31-22-5-3-2-4-21(22)26(32-13-12-29)18-6-8-20(28-16-18)15-25(30)27(10-11-27)19-7-9-23-24(14-19)34-17-33-23/h2-9,14,16,26,29H,10-13,15,17H2,1H3. The zero-order valence-electron chi connectivity index (χ0n) is 19.0. The van der Waals surface area contributed by atoms with Crippen LogP contribution >= 0.6 is 0 Å². The van der Waals surface area contributed by atoms with Crippen LogP contribution in [0.5, 0.6) is 17.2 Å². The van der Waals surface area contributed by atoms with E-state index in [-0.39, 0.29) is 32.2 Å². The van der Waals surface area contributed by atoms with Gasteiger partial charge in [-0.2, -0.15) is 0 Å². The fourth-order valence-corrected chi connectivity index (χ4v) is 4.50. The Morgan fingerprint density at radius 1 is 1.12 bits per heavy atom. The van der Waals surface area contributed by atoms with Gasteiger partial charge in [0.2, 0.25) is 6.79 Å². The molecule has 0 amide bonds. The first-order valence-electron chi connectivity index (χ1n) is 11.4. The van der Waals surface area contributed by atoms with E-state index in [1.165, 1.54) is 0 Å². The molecule has 0 saturated heterocycles. The lowest BCUT2D eigenvalue weighted by Crippen LogP contribution is -2.23. The van der Waals surface area contributed by atoms with Crippen LogP contribution in [0.4, 0.5) is 0 Å². The molecule has 7 nitrogen and oxygen atoms in total. The maximum absolute atomic E-state index is 13.3. The van der Waals surface area contributed by atoms with Crippen LogP contribution in [0.3, 0.4) is 0 Å². The Morgan fingerprint density at radius 3 is 2.68 bits per heavy atom. The Hall–Kier alpha value is -3.42. The minimum Gasteiger partial charge on any atom is -0.496 e. The number of benzene rings is 2. The second kappa shape index (κ2) is 9.44. The molecule has 2 aromatic carbocycles. The number of pyridine rings is 1. The molecule has 0 radical (unpaired) electrons. The molecule has 0 bridgehead atoms. The highest BCUT2D eigenvalue weighted by Gasteiger charge is 2.51. The number of carbonyl (C=O) groups is 1. The normalized spacial score (nSPS) is 16.2. The van der Waals surface area contributed by atoms with E-state index < -0.39 is 11.5 Å². The number of aliphatic hydroxyl groups excluding tert-OH is 1. The summed E-state index contributed by atoms with van der Waals surface area (Å²) in [5.74, 6) is 2.27. The summed E-state index contributed by atoms with van der Waals surface area (Å²) in [4.78, 5) is 17.9. The molecule has 176 valence electrons. The number of hydrogen-bond donors (Lipinski definition) is 1. The maximum atomic E-state index is 13.3. The van der Waals surface area contributed by atoms with Crippen LogP contribution in [0.2, 0.25) is 0 Å². The van der Waals surface area contributed by atoms with Gasteiger partial charge in [0.05, 0.1) is 25.7 Å². The number of rotatable bonds is 10. The quantitative estimate of drug-likeness (QED) is 0.492. The predicted molar refractivity (Wildman–Crippen MR) is 124 cm³/mol. The average Bonchev–Trinajstić information content (AvgIpc) is 3.56. The van der Waals surface area contributed by atoms with Crippen molar-refractivity contribution in [2.45, 2.75) is 30.8 Å². The van der Waals surface area contributed by atoms with Gasteiger partial charge in [-0.05, 0) is 42.7 Å². The van der Waals surface area contributed by atoms with Gasteiger partial charge >= 0.3 is 0 Å². The van der Waals surface area contributed by atoms with Crippen molar-refractivity contribution in [2.24, 2.45) is 0 Å². The summed E-state index contributed by atoms with van der Waals surface area (Å²) in [6, 6.07) is 17.2. The van der Waals surface area contributed by atoms with E-state index in [9.17, 15) is 9.90 Å². The third-order valence-electron chi connectivity index (χ3n) is 6.50. The van der Waals surface area contributed by atoms with E-state index >= 15 is 0 Å². The van der Waals surface area contributed by atoms with E-state index in [0.717, 1.165) is 35.3 Å². The number of carbonyl (C=O) groups excluding carboxylic acids is 1. The molecule has 2 heterocycles. The number of fused-ring (bicyclic) bond motifs is 1. The minimum atomic E-state index is -0.467. The van der Waals surface area contributed by atoms with Crippen LogP contribution in [0.1, 0.15) is 41.3 Å². The molecular weight excluding hydrogens is 434 g/mol. The van der Waals surface area contributed by atoms with Crippen LogP contribution in [-0.4, -0.2) is 43.0 Å². The first-order valence-corrected chi connectivity index (χ1v) is 11.4. The van der Waals surface area contributed by atoms with Crippen LogP contribution in [-0.2, 0) is 21.4 Å². The lowest BCUT2D eigenvalue weighted by atomic mass is 9.88. The molecule has 1 aliphatic carbocycles. The molecule has 1 unspecified atom stereocenters. The second-order valence-corrected chi connectivity index (χ2v) is 8.55.